The van der Waals surface area contributed by atoms with Gasteiger partial charge >= 0.3 is 0 Å². The monoisotopic (exact) mass is 476 g/mol. The summed E-state index contributed by atoms with van der Waals surface area (Å²) in [6.45, 7) is 0.660. The molecule has 1 N–H and O–H groups in total. The highest BCUT2D eigenvalue weighted by atomic mass is 16.5. The van der Waals surface area contributed by atoms with E-state index in [0.717, 1.165) is 28.0 Å². The van der Waals surface area contributed by atoms with Crippen molar-refractivity contribution in [1.82, 2.24) is 19.9 Å². The number of methoxy groups -OCH3 is 1. The Morgan fingerprint density at radius 1 is 0.833 bits per heavy atom. The third-order valence-corrected chi connectivity index (χ3v) is 6.08. The van der Waals surface area contributed by atoms with Crippen LogP contribution >= 0.6 is 0 Å². The number of aromatic nitrogens is 4. The van der Waals surface area contributed by atoms with Gasteiger partial charge in [-0.3, -0.25) is 0 Å². The molecule has 0 atom stereocenters. The number of nitrogens with one attached hydrogen (secondary N) is 1. The number of ether oxygens (including phenoxy) is 1. The average Bonchev–Trinajstić information content (AvgIpc) is 2.94. The standard InChI is InChI=1S/C29H28N6O/c1-35(2)29-31-17-22(18-32-29)27-33-26-15-14-23(36-3)16-24(26)28(34-27)30-19-25(20-10-6-4-7-11-20)21-12-8-5-9-13-21/h4-18,25H,19H2,1-3H3,(H,30,33,34). The van der Waals surface area contributed by atoms with Gasteiger partial charge in [-0.15, -0.1) is 0 Å². The molecule has 36 heavy (non-hydrogen) atoms. The second-order valence-corrected chi connectivity index (χ2v) is 8.70. The third-order valence-electron chi connectivity index (χ3n) is 6.08. The second kappa shape index (κ2) is 10.4. The highest BCUT2D eigenvalue weighted by Gasteiger charge is 2.17. The van der Waals surface area contributed by atoms with E-state index in [2.05, 4.69) is 63.8 Å². The first kappa shape index (κ1) is 23.2. The van der Waals surface area contributed by atoms with Crippen LogP contribution in [0.2, 0.25) is 0 Å². The lowest BCUT2D eigenvalue weighted by Crippen LogP contribution is -2.15. The minimum Gasteiger partial charge on any atom is -0.497 e. The zero-order chi connectivity index (χ0) is 24.9. The number of nitrogens with zero attached hydrogens (tertiary/aromatic N) is 5. The van der Waals surface area contributed by atoms with Crippen LogP contribution in [-0.2, 0) is 0 Å². The van der Waals surface area contributed by atoms with Crippen molar-refractivity contribution in [2.24, 2.45) is 0 Å². The zero-order valence-electron chi connectivity index (χ0n) is 20.6. The van der Waals surface area contributed by atoms with Crippen molar-refractivity contribution in [2.75, 3.05) is 38.0 Å². The molecule has 2 aromatic heterocycles. The van der Waals surface area contributed by atoms with Crippen molar-refractivity contribution in [3.63, 3.8) is 0 Å². The van der Waals surface area contributed by atoms with Crippen molar-refractivity contribution in [2.45, 2.75) is 5.92 Å². The quantitative estimate of drug-likeness (QED) is 0.321. The van der Waals surface area contributed by atoms with Gasteiger partial charge in [0, 0.05) is 44.3 Å². The smallest absolute Gasteiger partial charge is 0.224 e. The summed E-state index contributed by atoms with van der Waals surface area (Å²) in [5.41, 5.74) is 4.04. The second-order valence-electron chi connectivity index (χ2n) is 8.70. The van der Waals surface area contributed by atoms with Crippen LogP contribution in [0.4, 0.5) is 11.8 Å². The molecule has 0 unspecified atom stereocenters. The summed E-state index contributed by atoms with van der Waals surface area (Å²) in [7, 11) is 5.48. The van der Waals surface area contributed by atoms with E-state index < -0.39 is 0 Å². The maximum Gasteiger partial charge on any atom is 0.224 e. The lowest BCUT2D eigenvalue weighted by Gasteiger charge is -2.20. The summed E-state index contributed by atoms with van der Waals surface area (Å²) >= 11 is 0. The number of benzene rings is 3. The van der Waals surface area contributed by atoms with Crippen molar-refractivity contribution >= 4 is 22.7 Å². The van der Waals surface area contributed by atoms with Crippen LogP contribution < -0.4 is 15.0 Å². The Hall–Kier alpha value is -4.52. The molecule has 0 radical (unpaired) electrons. The molecule has 0 bridgehead atoms. The molecule has 0 fully saturated rings. The Bertz CT molecular complexity index is 1400. The molecular formula is C29H28N6O. The van der Waals surface area contributed by atoms with Gasteiger partial charge in [0.2, 0.25) is 5.95 Å². The lowest BCUT2D eigenvalue weighted by molar-refractivity contribution is 0.415. The molecule has 7 heteroatoms. The number of rotatable bonds is 8. The summed E-state index contributed by atoms with van der Waals surface area (Å²) < 4.78 is 5.48. The fourth-order valence-electron chi connectivity index (χ4n) is 4.16. The van der Waals surface area contributed by atoms with Crippen LogP contribution in [0.3, 0.4) is 0 Å². The molecule has 180 valence electrons. The van der Waals surface area contributed by atoms with E-state index in [1.165, 1.54) is 11.1 Å². The molecule has 5 aromatic rings. The number of fused-ring (bicyclic) bond motifs is 1. The zero-order valence-corrected chi connectivity index (χ0v) is 20.6. The van der Waals surface area contributed by atoms with Crippen molar-refractivity contribution < 1.29 is 4.74 Å². The molecule has 0 spiro atoms. The number of anilines is 2. The van der Waals surface area contributed by atoms with Gasteiger partial charge in [-0.2, -0.15) is 0 Å². The van der Waals surface area contributed by atoms with E-state index >= 15 is 0 Å². The largest absolute Gasteiger partial charge is 0.497 e. The highest BCUT2D eigenvalue weighted by molar-refractivity contribution is 5.91. The fraction of sp³-hybridized carbons (Fsp3) is 0.172. The van der Waals surface area contributed by atoms with Gasteiger partial charge in [-0.05, 0) is 29.3 Å². The number of hydrogen-bond donors (Lipinski definition) is 1. The van der Waals surface area contributed by atoms with Crippen LogP contribution in [-0.4, -0.2) is 47.7 Å². The third kappa shape index (κ3) is 4.95. The van der Waals surface area contributed by atoms with E-state index in [4.69, 9.17) is 14.7 Å². The predicted molar refractivity (Wildman–Crippen MR) is 145 cm³/mol. The van der Waals surface area contributed by atoms with E-state index in [9.17, 15) is 0 Å². The first-order chi connectivity index (χ1) is 17.6. The normalized spacial score (nSPS) is 11.0. The van der Waals surface area contributed by atoms with Gasteiger partial charge in [0.1, 0.15) is 11.6 Å². The SMILES string of the molecule is COc1ccc2nc(-c3cnc(N(C)C)nc3)nc(NCC(c3ccccc3)c3ccccc3)c2c1. The predicted octanol–water partition coefficient (Wildman–Crippen LogP) is 5.41. The lowest BCUT2D eigenvalue weighted by atomic mass is 9.91. The minimum atomic E-state index is 0.147. The van der Waals surface area contributed by atoms with Crippen LogP contribution in [0.1, 0.15) is 17.0 Å². The number of hydrogen-bond acceptors (Lipinski definition) is 7. The molecule has 0 saturated heterocycles. The Morgan fingerprint density at radius 2 is 1.47 bits per heavy atom. The molecule has 0 aliphatic rings. The van der Waals surface area contributed by atoms with Crippen LogP contribution in [0.5, 0.6) is 5.75 Å². The van der Waals surface area contributed by atoms with Gasteiger partial charge in [0.05, 0.1) is 18.2 Å². The van der Waals surface area contributed by atoms with Crippen LogP contribution in [0.15, 0.2) is 91.3 Å². The molecule has 0 amide bonds. The fourth-order valence-corrected chi connectivity index (χ4v) is 4.16. The van der Waals surface area contributed by atoms with Crippen molar-refractivity contribution in [3.8, 4) is 17.1 Å². The van der Waals surface area contributed by atoms with E-state index in [0.29, 0.717) is 18.3 Å². The Morgan fingerprint density at radius 3 is 2.06 bits per heavy atom. The molecule has 0 saturated carbocycles. The van der Waals surface area contributed by atoms with Gasteiger partial charge in [-0.1, -0.05) is 60.7 Å². The first-order valence-electron chi connectivity index (χ1n) is 11.8. The maximum atomic E-state index is 5.48. The van der Waals surface area contributed by atoms with Gasteiger partial charge in [-0.25, -0.2) is 19.9 Å². The Balaban J connectivity index is 1.55. The molecule has 7 nitrogen and oxygen atoms in total. The molecule has 3 aromatic carbocycles. The molecule has 5 rings (SSSR count). The summed E-state index contributed by atoms with van der Waals surface area (Å²) in [6.07, 6.45) is 3.51. The van der Waals surface area contributed by atoms with Crippen molar-refractivity contribution in [1.29, 1.82) is 0 Å². The van der Waals surface area contributed by atoms with E-state index in [1.54, 1.807) is 19.5 Å². The maximum absolute atomic E-state index is 5.48. The molecule has 2 heterocycles. The molecular weight excluding hydrogens is 448 g/mol. The summed E-state index contributed by atoms with van der Waals surface area (Å²) in [6, 6.07) is 26.9. The summed E-state index contributed by atoms with van der Waals surface area (Å²) in [4.78, 5) is 20.4. The van der Waals surface area contributed by atoms with Gasteiger partial charge in [0.25, 0.3) is 0 Å². The summed E-state index contributed by atoms with van der Waals surface area (Å²) in [5.74, 6) is 2.84. The summed E-state index contributed by atoms with van der Waals surface area (Å²) in [5, 5.41) is 4.51. The molecule has 0 aliphatic heterocycles. The highest BCUT2D eigenvalue weighted by Crippen LogP contribution is 2.30. The van der Waals surface area contributed by atoms with E-state index in [-0.39, 0.29) is 5.92 Å². The minimum absolute atomic E-state index is 0.147. The van der Waals surface area contributed by atoms with Gasteiger partial charge < -0.3 is 15.0 Å². The molecule has 0 aliphatic carbocycles. The van der Waals surface area contributed by atoms with Crippen LogP contribution in [0, 0.1) is 0 Å². The topological polar surface area (TPSA) is 76.1 Å². The Kier molecular flexibility index (Phi) is 6.71. The van der Waals surface area contributed by atoms with Crippen LogP contribution in [0.25, 0.3) is 22.3 Å². The van der Waals surface area contributed by atoms with Crippen molar-refractivity contribution in [3.05, 3.63) is 102 Å². The van der Waals surface area contributed by atoms with E-state index in [1.807, 2.05) is 49.3 Å². The van der Waals surface area contributed by atoms with Gasteiger partial charge in [0.15, 0.2) is 5.82 Å². The average molecular weight is 477 g/mol. The Labute approximate surface area is 210 Å². The first-order valence-corrected chi connectivity index (χ1v) is 11.8.